The molecule has 1 rings (SSSR count). The van der Waals surface area contributed by atoms with E-state index in [1.165, 1.54) is 4.90 Å². The summed E-state index contributed by atoms with van der Waals surface area (Å²) in [4.78, 5) is 25.5. The molecule has 7 nitrogen and oxygen atoms in total. The molecule has 0 saturated carbocycles. The highest BCUT2D eigenvalue weighted by atomic mass is 16.7. The zero-order valence-corrected chi connectivity index (χ0v) is 15.0. The van der Waals surface area contributed by atoms with E-state index < -0.39 is 11.8 Å². The minimum atomic E-state index is -0.518. The number of nitrogens with two attached hydrogens (primary N) is 1. The fourth-order valence-electron chi connectivity index (χ4n) is 2.18. The van der Waals surface area contributed by atoms with Gasteiger partial charge in [-0.3, -0.25) is 9.59 Å². The number of carbonyl (C=O) groups excluding carboxylic acids is 2. The van der Waals surface area contributed by atoms with Crippen molar-refractivity contribution in [2.75, 3.05) is 47.3 Å². The van der Waals surface area contributed by atoms with E-state index in [0.717, 1.165) is 5.56 Å². The lowest BCUT2D eigenvalue weighted by molar-refractivity contribution is -0.135. The van der Waals surface area contributed by atoms with Crippen LogP contribution in [0.4, 0.5) is 0 Å². The summed E-state index contributed by atoms with van der Waals surface area (Å²) in [7, 11) is 3.28. The van der Waals surface area contributed by atoms with E-state index in [4.69, 9.17) is 19.9 Å². The number of hydrogen-bond acceptors (Lipinski definition) is 5. The molecule has 2 N–H and O–H groups in total. The van der Waals surface area contributed by atoms with Crippen molar-refractivity contribution in [1.29, 1.82) is 0 Å². The number of nitrogens with zero attached hydrogens (tertiary/aromatic N) is 1. The standard InChI is InChI=1S/C18H28N2O5/c1-20(8-9-24-14-25-11-10-23-2)17(21)13-16(18(19)22)12-15-6-4-3-5-7-15/h3-7,16H,8-14H2,1-2H3,(H2,19,22)/t16-/m1/s1. The average Bonchev–Trinajstić information content (AvgIpc) is 2.60. The van der Waals surface area contributed by atoms with Gasteiger partial charge in [0.05, 0.1) is 25.7 Å². The zero-order valence-electron chi connectivity index (χ0n) is 15.0. The highest BCUT2D eigenvalue weighted by Crippen LogP contribution is 2.13. The molecular weight excluding hydrogens is 324 g/mol. The highest BCUT2D eigenvalue weighted by Gasteiger charge is 2.22. The maximum atomic E-state index is 12.3. The van der Waals surface area contributed by atoms with Crippen molar-refractivity contribution in [2.24, 2.45) is 11.7 Å². The van der Waals surface area contributed by atoms with Gasteiger partial charge in [0.15, 0.2) is 0 Å². The lowest BCUT2D eigenvalue weighted by atomic mass is 9.95. The number of methoxy groups -OCH3 is 1. The molecule has 0 aliphatic carbocycles. The lowest BCUT2D eigenvalue weighted by Crippen LogP contribution is -2.35. The Hall–Kier alpha value is -1.96. The molecule has 1 atom stereocenters. The molecule has 0 saturated heterocycles. The minimum absolute atomic E-state index is 0.0884. The summed E-state index contributed by atoms with van der Waals surface area (Å²) in [5.41, 5.74) is 6.44. The minimum Gasteiger partial charge on any atom is -0.382 e. The Bertz CT molecular complexity index is 509. The predicted molar refractivity (Wildman–Crippen MR) is 93.7 cm³/mol. The smallest absolute Gasteiger partial charge is 0.223 e. The Labute approximate surface area is 149 Å². The Morgan fingerprint density at radius 3 is 2.44 bits per heavy atom. The molecule has 25 heavy (non-hydrogen) atoms. The van der Waals surface area contributed by atoms with Crippen LogP contribution in [0.2, 0.25) is 0 Å². The molecule has 0 radical (unpaired) electrons. The molecule has 2 amide bonds. The third kappa shape index (κ3) is 9.19. The van der Waals surface area contributed by atoms with E-state index in [-0.39, 0.29) is 19.1 Å². The molecule has 0 aliphatic rings. The number of hydrogen-bond donors (Lipinski definition) is 1. The fraction of sp³-hybridized carbons (Fsp3) is 0.556. The van der Waals surface area contributed by atoms with Crippen LogP contribution in [0.15, 0.2) is 30.3 Å². The summed E-state index contributed by atoms with van der Waals surface area (Å²) in [5.74, 6) is -1.12. The van der Waals surface area contributed by atoms with Gasteiger partial charge in [-0.25, -0.2) is 0 Å². The van der Waals surface area contributed by atoms with Crippen LogP contribution in [0.1, 0.15) is 12.0 Å². The van der Waals surface area contributed by atoms with Crippen molar-refractivity contribution in [3.05, 3.63) is 35.9 Å². The first-order chi connectivity index (χ1) is 12.0. The van der Waals surface area contributed by atoms with E-state index >= 15 is 0 Å². The van der Waals surface area contributed by atoms with Crippen LogP contribution >= 0.6 is 0 Å². The van der Waals surface area contributed by atoms with E-state index in [0.29, 0.717) is 32.8 Å². The third-order valence-electron chi connectivity index (χ3n) is 3.74. The first kappa shape index (κ1) is 21.1. The number of rotatable bonds is 13. The quantitative estimate of drug-likeness (QED) is 0.419. The maximum Gasteiger partial charge on any atom is 0.223 e. The Kier molecular flexibility index (Phi) is 10.5. The van der Waals surface area contributed by atoms with Gasteiger partial charge in [-0.05, 0) is 12.0 Å². The predicted octanol–water partition coefficient (Wildman–Crippen LogP) is 0.816. The lowest BCUT2D eigenvalue weighted by Gasteiger charge is -2.20. The van der Waals surface area contributed by atoms with Gasteiger partial charge in [-0.1, -0.05) is 30.3 Å². The van der Waals surface area contributed by atoms with Crippen LogP contribution in [0.25, 0.3) is 0 Å². The number of likely N-dealkylation sites (N-methyl/N-ethyl adjacent to an activating group) is 1. The molecule has 0 bridgehead atoms. The van der Waals surface area contributed by atoms with Gasteiger partial charge in [0.2, 0.25) is 11.8 Å². The second-order valence-corrected chi connectivity index (χ2v) is 5.74. The molecule has 1 aromatic carbocycles. The number of ether oxygens (including phenoxy) is 3. The molecule has 0 fully saturated rings. The van der Waals surface area contributed by atoms with Crippen LogP contribution < -0.4 is 5.73 Å². The van der Waals surface area contributed by atoms with Crippen molar-refractivity contribution < 1.29 is 23.8 Å². The van der Waals surface area contributed by atoms with Gasteiger partial charge in [-0.2, -0.15) is 0 Å². The molecule has 0 spiro atoms. The molecule has 0 aliphatic heterocycles. The van der Waals surface area contributed by atoms with Crippen molar-refractivity contribution in [1.82, 2.24) is 4.90 Å². The van der Waals surface area contributed by atoms with Crippen molar-refractivity contribution in [3.8, 4) is 0 Å². The first-order valence-electron chi connectivity index (χ1n) is 8.26. The summed E-state index contributed by atoms with van der Waals surface area (Å²) < 4.78 is 15.3. The summed E-state index contributed by atoms with van der Waals surface area (Å²) in [6.07, 6.45) is 0.546. The van der Waals surface area contributed by atoms with Crippen LogP contribution in [-0.2, 0) is 30.2 Å². The molecule has 0 unspecified atom stereocenters. The third-order valence-corrected chi connectivity index (χ3v) is 3.74. The van der Waals surface area contributed by atoms with Gasteiger partial charge in [0.25, 0.3) is 0 Å². The van der Waals surface area contributed by atoms with E-state index in [1.54, 1.807) is 14.2 Å². The largest absolute Gasteiger partial charge is 0.382 e. The number of primary amides is 1. The topological polar surface area (TPSA) is 91.1 Å². The second-order valence-electron chi connectivity index (χ2n) is 5.74. The maximum absolute atomic E-state index is 12.3. The van der Waals surface area contributed by atoms with E-state index in [2.05, 4.69) is 0 Å². The summed E-state index contributed by atoms with van der Waals surface area (Å²) in [6.45, 7) is 1.91. The first-order valence-corrected chi connectivity index (χ1v) is 8.26. The Balaban J connectivity index is 2.32. The Morgan fingerprint density at radius 2 is 1.80 bits per heavy atom. The molecule has 1 aromatic rings. The average molecular weight is 352 g/mol. The zero-order chi connectivity index (χ0) is 18.5. The van der Waals surface area contributed by atoms with E-state index in [1.807, 2.05) is 30.3 Å². The van der Waals surface area contributed by atoms with Crippen molar-refractivity contribution in [3.63, 3.8) is 0 Å². The van der Waals surface area contributed by atoms with Gasteiger partial charge in [0.1, 0.15) is 6.79 Å². The van der Waals surface area contributed by atoms with Crippen LogP contribution in [0, 0.1) is 5.92 Å². The monoisotopic (exact) mass is 352 g/mol. The van der Waals surface area contributed by atoms with Crippen molar-refractivity contribution in [2.45, 2.75) is 12.8 Å². The van der Waals surface area contributed by atoms with Crippen molar-refractivity contribution >= 4 is 11.8 Å². The SMILES string of the molecule is COCCOCOCCN(C)C(=O)C[C@@H](Cc1ccccc1)C(N)=O. The summed E-state index contributed by atoms with van der Waals surface area (Å²) >= 11 is 0. The highest BCUT2D eigenvalue weighted by molar-refractivity contribution is 5.85. The summed E-state index contributed by atoms with van der Waals surface area (Å²) in [6, 6.07) is 9.53. The normalized spacial score (nSPS) is 11.9. The van der Waals surface area contributed by atoms with Crippen LogP contribution in [-0.4, -0.2) is 64.0 Å². The molecule has 140 valence electrons. The van der Waals surface area contributed by atoms with Gasteiger partial charge in [-0.15, -0.1) is 0 Å². The van der Waals surface area contributed by atoms with Crippen LogP contribution in [0.3, 0.4) is 0 Å². The molecule has 0 heterocycles. The second kappa shape index (κ2) is 12.4. The Morgan fingerprint density at radius 1 is 1.12 bits per heavy atom. The van der Waals surface area contributed by atoms with E-state index in [9.17, 15) is 9.59 Å². The number of carbonyl (C=O) groups is 2. The summed E-state index contributed by atoms with van der Waals surface area (Å²) in [5, 5.41) is 0. The van der Waals surface area contributed by atoms with Gasteiger partial charge in [0, 0.05) is 27.1 Å². The number of benzene rings is 1. The van der Waals surface area contributed by atoms with Gasteiger partial charge >= 0.3 is 0 Å². The van der Waals surface area contributed by atoms with Crippen LogP contribution in [0.5, 0.6) is 0 Å². The number of amides is 2. The molecule has 0 aromatic heterocycles. The fourth-order valence-corrected chi connectivity index (χ4v) is 2.18. The molecular formula is C18H28N2O5. The van der Waals surface area contributed by atoms with Gasteiger partial charge < -0.3 is 24.8 Å². The molecule has 7 heteroatoms.